The minimum Gasteiger partial charge on any atom is -0.494 e. The molecule has 0 atom stereocenters. The average Bonchev–Trinajstić information content (AvgIpc) is 2.72. The molecule has 0 aliphatic carbocycles. The van der Waals surface area contributed by atoms with Gasteiger partial charge in [-0.1, -0.05) is 0 Å². The molecule has 3 aromatic rings. The summed E-state index contributed by atoms with van der Waals surface area (Å²) >= 11 is 0. The van der Waals surface area contributed by atoms with Crippen LogP contribution in [0.1, 0.15) is 17.7 Å². The quantitative estimate of drug-likeness (QED) is 0.528. The number of benzene rings is 1. The summed E-state index contributed by atoms with van der Waals surface area (Å²) in [5.74, 6) is 0.828. The van der Waals surface area contributed by atoms with Crippen molar-refractivity contribution in [1.29, 1.82) is 0 Å². The van der Waals surface area contributed by atoms with E-state index in [4.69, 9.17) is 4.74 Å². The lowest BCUT2D eigenvalue weighted by atomic mass is 10.2. The standard InChI is InChI=1S/C22H28N4O2/c1-23-11-9-19-14-17(8-12-25-19)16-24-10-3-13-28-20-5-6-21-18(15-20)4-7-22(27)26(21)2/h4-8,12,14-15,23-24H,3,9-11,13,16H2,1-2H3. The number of hydrogen-bond donors (Lipinski definition) is 2. The molecule has 2 N–H and O–H groups in total. The first kappa shape index (κ1) is 20.0. The third-order valence-electron chi connectivity index (χ3n) is 4.70. The van der Waals surface area contributed by atoms with Gasteiger partial charge < -0.3 is 19.9 Å². The fourth-order valence-corrected chi connectivity index (χ4v) is 3.10. The molecule has 6 nitrogen and oxygen atoms in total. The molecule has 148 valence electrons. The Hall–Kier alpha value is -2.70. The number of pyridine rings is 2. The first-order chi connectivity index (χ1) is 13.7. The Bertz CT molecular complexity index is 968. The topological polar surface area (TPSA) is 68.2 Å². The highest BCUT2D eigenvalue weighted by Crippen LogP contribution is 2.19. The Morgan fingerprint density at radius 2 is 2.00 bits per heavy atom. The van der Waals surface area contributed by atoms with E-state index in [1.165, 1.54) is 5.56 Å². The summed E-state index contributed by atoms with van der Waals surface area (Å²) in [4.78, 5) is 16.1. The van der Waals surface area contributed by atoms with E-state index in [0.717, 1.165) is 54.8 Å². The Morgan fingerprint density at radius 3 is 2.86 bits per heavy atom. The molecular formula is C22H28N4O2. The van der Waals surface area contributed by atoms with E-state index in [1.807, 2.05) is 37.5 Å². The van der Waals surface area contributed by atoms with Gasteiger partial charge in [-0.2, -0.15) is 0 Å². The van der Waals surface area contributed by atoms with E-state index >= 15 is 0 Å². The summed E-state index contributed by atoms with van der Waals surface area (Å²) in [5, 5.41) is 7.60. The highest BCUT2D eigenvalue weighted by atomic mass is 16.5. The molecular weight excluding hydrogens is 352 g/mol. The van der Waals surface area contributed by atoms with Crippen LogP contribution in [-0.4, -0.2) is 36.3 Å². The minimum atomic E-state index is -0.00408. The van der Waals surface area contributed by atoms with Crippen molar-refractivity contribution < 1.29 is 4.74 Å². The molecule has 0 spiro atoms. The van der Waals surface area contributed by atoms with E-state index in [0.29, 0.717) is 6.61 Å². The third kappa shape index (κ3) is 5.41. The number of aryl methyl sites for hydroxylation is 1. The Kier molecular flexibility index (Phi) is 7.17. The van der Waals surface area contributed by atoms with E-state index in [2.05, 4.69) is 27.8 Å². The van der Waals surface area contributed by atoms with Gasteiger partial charge in [0.2, 0.25) is 0 Å². The second-order valence-corrected chi connectivity index (χ2v) is 6.84. The lowest BCUT2D eigenvalue weighted by Crippen LogP contribution is -2.17. The number of likely N-dealkylation sites (N-methyl/N-ethyl adjacent to an activating group) is 1. The van der Waals surface area contributed by atoms with Crippen molar-refractivity contribution in [1.82, 2.24) is 20.2 Å². The Balaban J connectivity index is 1.41. The van der Waals surface area contributed by atoms with Crippen molar-refractivity contribution in [3.05, 3.63) is 70.3 Å². The maximum atomic E-state index is 11.7. The first-order valence-corrected chi connectivity index (χ1v) is 9.69. The highest BCUT2D eigenvalue weighted by Gasteiger charge is 2.02. The van der Waals surface area contributed by atoms with E-state index < -0.39 is 0 Å². The molecule has 2 heterocycles. The maximum Gasteiger partial charge on any atom is 0.250 e. The van der Waals surface area contributed by atoms with Crippen molar-refractivity contribution in [3.63, 3.8) is 0 Å². The number of aromatic nitrogens is 2. The van der Waals surface area contributed by atoms with E-state index in [9.17, 15) is 4.79 Å². The van der Waals surface area contributed by atoms with Crippen LogP contribution in [0.25, 0.3) is 10.9 Å². The number of nitrogens with one attached hydrogen (secondary N) is 2. The molecule has 0 aliphatic heterocycles. The summed E-state index contributed by atoms with van der Waals surface area (Å²) < 4.78 is 7.50. The van der Waals surface area contributed by atoms with Gasteiger partial charge in [0.15, 0.2) is 0 Å². The zero-order valence-corrected chi connectivity index (χ0v) is 16.6. The smallest absolute Gasteiger partial charge is 0.250 e. The minimum absolute atomic E-state index is 0.00408. The molecule has 2 aromatic heterocycles. The van der Waals surface area contributed by atoms with Crippen LogP contribution < -0.4 is 20.9 Å². The largest absolute Gasteiger partial charge is 0.494 e. The van der Waals surface area contributed by atoms with Gasteiger partial charge in [-0.15, -0.1) is 0 Å². The Morgan fingerprint density at radius 1 is 1.11 bits per heavy atom. The van der Waals surface area contributed by atoms with Crippen molar-refractivity contribution in [3.8, 4) is 5.75 Å². The number of nitrogens with zero attached hydrogens (tertiary/aromatic N) is 2. The molecule has 0 saturated carbocycles. The van der Waals surface area contributed by atoms with Crippen LogP contribution in [0.4, 0.5) is 0 Å². The lowest BCUT2D eigenvalue weighted by Gasteiger charge is -2.10. The fraction of sp³-hybridized carbons (Fsp3) is 0.364. The molecule has 6 heteroatoms. The molecule has 28 heavy (non-hydrogen) atoms. The molecule has 0 radical (unpaired) electrons. The third-order valence-corrected chi connectivity index (χ3v) is 4.70. The van der Waals surface area contributed by atoms with Crippen LogP contribution in [0, 0.1) is 0 Å². The van der Waals surface area contributed by atoms with Gasteiger partial charge in [-0.25, -0.2) is 0 Å². The summed E-state index contributed by atoms with van der Waals surface area (Å²) in [7, 11) is 3.73. The van der Waals surface area contributed by atoms with Crippen molar-refractivity contribution in [2.75, 3.05) is 26.7 Å². The second kappa shape index (κ2) is 10.0. The van der Waals surface area contributed by atoms with Gasteiger partial charge in [-0.3, -0.25) is 9.78 Å². The van der Waals surface area contributed by atoms with Gasteiger partial charge in [0.05, 0.1) is 12.1 Å². The highest BCUT2D eigenvalue weighted by molar-refractivity contribution is 5.80. The normalized spacial score (nSPS) is 11.1. The second-order valence-electron chi connectivity index (χ2n) is 6.84. The summed E-state index contributed by atoms with van der Waals surface area (Å²) in [5.41, 5.74) is 3.27. The zero-order valence-electron chi connectivity index (χ0n) is 16.6. The molecule has 0 bridgehead atoms. The first-order valence-electron chi connectivity index (χ1n) is 9.69. The van der Waals surface area contributed by atoms with Crippen molar-refractivity contribution in [2.24, 2.45) is 7.05 Å². The number of fused-ring (bicyclic) bond motifs is 1. The van der Waals surface area contributed by atoms with Crippen molar-refractivity contribution >= 4 is 10.9 Å². The summed E-state index contributed by atoms with van der Waals surface area (Å²) in [6, 6.07) is 13.5. The number of rotatable bonds is 10. The zero-order chi connectivity index (χ0) is 19.8. The average molecular weight is 380 g/mol. The predicted molar refractivity (Wildman–Crippen MR) is 113 cm³/mol. The Labute approximate surface area is 165 Å². The van der Waals surface area contributed by atoms with Gasteiger partial charge >= 0.3 is 0 Å². The van der Waals surface area contributed by atoms with Crippen molar-refractivity contribution in [2.45, 2.75) is 19.4 Å². The lowest BCUT2D eigenvalue weighted by molar-refractivity contribution is 0.308. The fourth-order valence-electron chi connectivity index (χ4n) is 3.10. The van der Waals surface area contributed by atoms with Crippen LogP contribution in [0.15, 0.2) is 53.5 Å². The maximum absolute atomic E-state index is 11.7. The van der Waals surface area contributed by atoms with Crippen LogP contribution >= 0.6 is 0 Å². The monoisotopic (exact) mass is 380 g/mol. The number of hydrogen-bond acceptors (Lipinski definition) is 5. The van der Waals surface area contributed by atoms with Crippen LogP contribution in [0.5, 0.6) is 5.75 Å². The molecule has 0 fully saturated rings. The van der Waals surface area contributed by atoms with Crippen LogP contribution in [-0.2, 0) is 20.0 Å². The van der Waals surface area contributed by atoms with Crippen LogP contribution in [0.2, 0.25) is 0 Å². The molecule has 1 aromatic carbocycles. The van der Waals surface area contributed by atoms with Gasteiger partial charge in [-0.05, 0) is 62.0 Å². The summed E-state index contributed by atoms with van der Waals surface area (Å²) in [6.07, 6.45) is 3.74. The molecule has 0 saturated heterocycles. The molecule has 0 aliphatic rings. The molecule has 0 unspecified atom stereocenters. The molecule has 0 amide bonds. The van der Waals surface area contributed by atoms with E-state index in [-0.39, 0.29) is 5.56 Å². The summed E-state index contributed by atoms with van der Waals surface area (Å²) in [6.45, 7) is 3.30. The predicted octanol–water partition coefficient (Wildman–Crippen LogP) is 2.25. The van der Waals surface area contributed by atoms with Gasteiger partial charge in [0, 0.05) is 49.9 Å². The SMILES string of the molecule is CNCCc1cc(CNCCCOc2ccc3c(ccc(=O)n3C)c2)ccn1. The van der Waals surface area contributed by atoms with Gasteiger partial charge in [0.25, 0.3) is 5.56 Å². The molecule has 3 rings (SSSR count). The number of ether oxygens (including phenoxy) is 1. The van der Waals surface area contributed by atoms with E-state index in [1.54, 1.807) is 17.7 Å². The van der Waals surface area contributed by atoms with Crippen LogP contribution in [0.3, 0.4) is 0 Å². The van der Waals surface area contributed by atoms with Gasteiger partial charge in [0.1, 0.15) is 5.75 Å².